The van der Waals surface area contributed by atoms with E-state index in [-0.39, 0.29) is 29.6 Å². The summed E-state index contributed by atoms with van der Waals surface area (Å²) in [5.41, 5.74) is -0.0402. The number of pyridine rings is 1. The van der Waals surface area contributed by atoms with Gasteiger partial charge in [-0.3, -0.25) is 14.3 Å². The van der Waals surface area contributed by atoms with Gasteiger partial charge in [0.1, 0.15) is 23.7 Å². The molecule has 1 aliphatic rings. The Morgan fingerprint density at radius 1 is 1.21 bits per heavy atom. The standard InChI is InChI=1S/C22H23F3N6O3/c1-13-14-10-17(28-21(33)15-4-3-5-19(27-15)22(23,24)25)18(34-2)11-16(14)29-31(13)12-20(32)30-8-6-26-7-9-30/h3-5,10-11,26H,6-9,12H2,1-2H3,(H,28,33). The molecule has 0 saturated carbocycles. The van der Waals surface area contributed by atoms with E-state index < -0.39 is 17.8 Å². The van der Waals surface area contributed by atoms with Crippen molar-refractivity contribution in [1.29, 1.82) is 0 Å². The zero-order chi connectivity index (χ0) is 24.5. The Balaban J connectivity index is 1.60. The van der Waals surface area contributed by atoms with Crippen molar-refractivity contribution < 1.29 is 27.5 Å². The Hall–Kier alpha value is -3.67. The van der Waals surface area contributed by atoms with Gasteiger partial charge in [-0.05, 0) is 25.1 Å². The van der Waals surface area contributed by atoms with Crippen molar-refractivity contribution in [1.82, 2.24) is 25.0 Å². The number of aryl methyl sites for hydroxylation is 1. The number of alkyl halides is 3. The van der Waals surface area contributed by atoms with Gasteiger partial charge in [-0.25, -0.2) is 4.98 Å². The van der Waals surface area contributed by atoms with Crippen molar-refractivity contribution in [2.75, 3.05) is 38.6 Å². The molecule has 12 heteroatoms. The molecule has 3 aromatic rings. The Bertz CT molecular complexity index is 1230. The number of rotatable bonds is 5. The SMILES string of the molecule is COc1cc2nn(CC(=O)N3CCNCC3)c(C)c2cc1NC(=O)c1cccc(C(F)(F)F)n1. The number of nitrogens with zero attached hydrogens (tertiary/aromatic N) is 4. The molecule has 1 saturated heterocycles. The maximum Gasteiger partial charge on any atom is 0.433 e. The smallest absolute Gasteiger partial charge is 0.433 e. The number of hydrogen-bond acceptors (Lipinski definition) is 6. The van der Waals surface area contributed by atoms with Gasteiger partial charge >= 0.3 is 6.18 Å². The lowest BCUT2D eigenvalue weighted by Gasteiger charge is -2.27. The van der Waals surface area contributed by atoms with E-state index in [0.717, 1.165) is 25.2 Å². The van der Waals surface area contributed by atoms with Crippen molar-refractivity contribution in [2.24, 2.45) is 0 Å². The Labute approximate surface area is 192 Å². The molecule has 2 N–H and O–H groups in total. The summed E-state index contributed by atoms with van der Waals surface area (Å²) in [6.45, 7) is 4.61. The van der Waals surface area contributed by atoms with Crippen LogP contribution in [-0.4, -0.2) is 64.8 Å². The number of methoxy groups -OCH3 is 1. The van der Waals surface area contributed by atoms with E-state index in [0.29, 0.717) is 29.7 Å². The van der Waals surface area contributed by atoms with Gasteiger partial charge < -0.3 is 20.3 Å². The van der Waals surface area contributed by atoms with Crippen molar-refractivity contribution in [3.05, 3.63) is 47.4 Å². The molecule has 9 nitrogen and oxygen atoms in total. The van der Waals surface area contributed by atoms with Gasteiger partial charge in [0.25, 0.3) is 5.91 Å². The number of benzene rings is 1. The monoisotopic (exact) mass is 476 g/mol. The molecule has 34 heavy (non-hydrogen) atoms. The first-order valence-electron chi connectivity index (χ1n) is 10.6. The van der Waals surface area contributed by atoms with E-state index in [1.807, 2.05) is 0 Å². The lowest BCUT2D eigenvalue weighted by Crippen LogP contribution is -2.47. The van der Waals surface area contributed by atoms with Crippen LogP contribution in [0.5, 0.6) is 5.75 Å². The summed E-state index contributed by atoms with van der Waals surface area (Å²) in [6, 6.07) is 6.33. The molecule has 1 aliphatic heterocycles. The quantitative estimate of drug-likeness (QED) is 0.587. The van der Waals surface area contributed by atoms with Gasteiger partial charge in [0.05, 0.1) is 18.3 Å². The van der Waals surface area contributed by atoms with Crippen LogP contribution >= 0.6 is 0 Å². The van der Waals surface area contributed by atoms with Crippen LogP contribution in [0.2, 0.25) is 0 Å². The van der Waals surface area contributed by atoms with Gasteiger partial charge in [0.2, 0.25) is 5.91 Å². The summed E-state index contributed by atoms with van der Waals surface area (Å²) in [5.74, 6) is -0.595. The molecule has 180 valence electrons. The number of piperazine rings is 1. The Morgan fingerprint density at radius 3 is 2.62 bits per heavy atom. The number of aromatic nitrogens is 3. The fourth-order valence-electron chi connectivity index (χ4n) is 3.75. The number of ether oxygens (including phenoxy) is 1. The first-order valence-corrected chi connectivity index (χ1v) is 10.6. The molecule has 3 heterocycles. The molecule has 0 unspecified atom stereocenters. The van der Waals surface area contributed by atoms with Gasteiger partial charge in [0.15, 0.2) is 0 Å². The highest BCUT2D eigenvalue weighted by atomic mass is 19.4. The second-order valence-corrected chi connectivity index (χ2v) is 7.80. The van der Waals surface area contributed by atoms with Crippen LogP contribution in [0, 0.1) is 6.92 Å². The first kappa shape index (κ1) is 23.5. The van der Waals surface area contributed by atoms with E-state index >= 15 is 0 Å². The number of hydrogen-bond donors (Lipinski definition) is 2. The van der Waals surface area contributed by atoms with Crippen LogP contribution < -0.4 is 15.4 Å². The van der Waals surface area contributed by atoms with E-state index in [2.05, 4.69) is 20.7 Å². The molecule has 0 bridgehead atoms. The summed E-state index contributed by atoms with van der Waals surface area (Å²) < 4.78 is 45.8. The number of carbonyl (C=O) groups excluding carboxylic acids is 2. The summed E-state index contributed by atoms with van der Waals surface area (Å²) in [6.07, 6.45) is -4.67. The van der Waals surface area contributed by atoms with E-state index in [4.69, 9.17) is 4.74 Å². The van der Waals surface area contributed by atoms with Gasteiger partial charge in [-0.1, -0.05) is 6.07 Å². The Kier molecular flexibility index (Phi) is 6.42. The minimum absolute atomic E-state index is 0.0477. The van der Waals surface area contributed by atoms with Crippen molar-refractivity contribution >= 4 is 28.4 Å². The number of halogens is 3. The maximum absolute atomic E-state index is 13.0. The van der Waals surface area contributed by atoms with Crippen molar-refractivity contribution in [3.63, 3.8) is 0 Å². The molecule has 2 amide bonds. The molecule has 4 rings (SSSR count). The van der Waals surface area contributed by atoms with Crippen molar-refractivity contribution in [3.8, 4) is 5.75 Å². The molecular weight excluding hydrogens is 453 g/mol. The zero-order valence-electron chi connectivity index (χ0n) is 18.6. The normalized spacial score (nSPS) is 14.3. The third-order valence-electron chi connectivity index (χ3n) is 5.60. The predicted octanol–water partition coefficient (Wildman–Crippen LogP) is 2.45. The molecule has 2 aromatic heterocycles. The van der Waals surface area contributed by atoms with Crippen LogP contribution in [0.3, 0.4) is 0 Å². The highest BCUT2D eigenvalue weighted by Crippen LogP contribution is 2.32. The van der Waals surface area contributed by atoms with E-state index in [9.17, 15) is 22.8 Å². The second-order valence-electron chi connectivity index (χ2n) is 7.80. The van der Waals surface area contributed by atoms with Gasteiger partial charge in [-0.15, -0.1) is 0 Å². The lowest BCUT2D eigenvalue weighted by molar-refractivity contribution is -0.141. The van der Waals surface area contributed by atoms with Crippen molar-refractivity contribution in [2.45, 2.75) is 19.6 Å². The molecular formula is C22H23F3N6O3. The maximum atomic E-state index is 13.0. The average molecular weight is 476 g/mol. The largest absolute Gasteiger partial charge is 0.494 e. The topological polar surface area (TPSA) is 101 Å². The Morgan fingerprint density at radius 2 is 1.94 bits per heavy atom. The van der Waals surface area contributed by atoms with Gasteiger partial charge in [0, 0.05) is 43.3 Å². The fourth-order valence-corrected chi connectivity index (χ4v) is 3.75. The zero-order valence-corrected chi connectivity index (χ0v) is 18.6. The predicted molar refractivity (Wildman–Crippen MR) is 118 cm³/mol. The lowest BCUT2D eigenvalue weighted by atomic mass is 10.1. The average Bonchev–Trinajstić information content (AvgIpc) is 3.12. The minimum atomic E-state index is -4.67. The number of anilines is 1. The van der Waals surface area contributed by atoms with Gasteiger partial charge in [-0.2, -0.15) is 18.3 Å². The molecule has 0 aliphatic carbocycles. The third-order valence-corrected chi connectivity index (χ3v) is 5.60. The number of nitrogens with one attached hydrogen (secondary N) is 2. The number of carbonyl (C=O) groups is 2. The summed E-state index contributed by atoms with van der Waals surface area (Å²) in [5, 5.41) is 10.9. The highest BCUT2D eigenvalue weighted by molar-refractivity contribution is 6.05. The number of fused-ring (bicyclic) bond motifs is 1. The molecule has 0 spiro atoms. The number of amides is 2. The molecule has 1 aromatic carbocycles. The second kappa shape index (κ2) is 9.29. The van der Waals surface area contributed by atoms with E-state index in [1.54, 1.807) is 28.6 Å². The van der Waals surface area contributed by atoms with Crippen LogP contribution in [0.4, 0.5) is 18.9 Å². The van der Waals surface area contributed by atoms with Crippen LogP contribution in [0.25, 0.3) is 10.9 Å². The first-order chi connectivity index (χ1) is 16.2. The summed E-state index contributed by atoms with van der Waals surface area (Å²) in [7, 11) is 1.40. The van der Waals surface area contributed by atoms with E-state index in [1.165, 1.54) is 13.2 Å². The minimum Gasteiger partial charge on any atom is -0.494 e. The van der Waals surface area contributed by atoms with Crippen LogP contribution in [0.15, 0.2) is 30.3 Å². The molecule has 0 atom stereocenters. The van der Waals surface area contributed by atoms with Crippen LogP contribution in [-0.2, 0) is 17.5 Å². The summed E-state index contributed by atoms with van der Waals surface area (Å²) >= 11 is 0. The van der Waals surface area contributed by atoms with Crippen LogP contribution in [0.1, 0.15) is 21.9 Å². The third kappa shape index (κ3) is 4.81. The highest BCUT2D eigenvalue weighted by Gasteiger charge is 2.33. The molecule has 1 fully saturated rings. The fraction of sp³-hybridized carbons (Fsp3) is 0.364. The summed E-state index contributed by atoms with van der Waals surface area (Å²) in [4.78, 5) is 30.5. The molecule has 0 radical (unpaired) electrons.